The molecule has 2 aliphatic heterocycles. The maximum absolute atomic E-state index is 12.3. The lowest BCUT2D eigenvalue weighted by molar-refractivity contribution is 0.0652. The first-order valence-electron chi connectivity index (χ1n) is 9.34. The Kier molecular flexibility index (Phi) is 7.25. The van der Waals surface area contributed by atoms with Gasteiger partial charge in [0.05, 0.1) is 11.1 Å². The molecule has 0 spiro atoms. The summed E-state index contributed by atoms with van der Waals surface area (Å²) in [5.74, 6) is 0.596. The van der Waals surface area contributed by atoms with Crippen molar-refractivity contribution < 1.29 is 9.59 Å². The molecule has 1 saturated heterocycles. The number of hydrogen-bond donors (Lipinski definition) is 1. The summed E-state index contributed by atoms with van der Waals surface area (Å²) in [6.45, 7) is 7.85. The summed E-state index contributed by atoms with van der Waals surface area (Å²) in [7, 11) is 1.81. The molecule has 1 aromatic rings. The molecular weight excluding hydrogens is 455 g/mol. The van der Waals surface area contributed by atoms with Crippen LogP contribution < -0.4 is 5.32 Å². The van der Waals surface area contributed by atoms with Crippen molar-refractivity contribution in [2.45, 2.75) is 33.1 Å². The third-order valence-electron chi connectivity index (χ3n) is 5.16. The Balaban J connectivity index is 0.00000261. The zero-order valence-corrected chi connectivity index (χ0v) is 18.7. The van der Waals surface area contributed by atoms with Crippen LogP contribution in [0.3, 0.4) is 0 Å². The molecule has 3 rings (SSSR count). The first-order valence-corrected chi connectivity index (χ1v) is 9.34. The number of aliphatic imine (C=N–C) groups is 1. The van der Waals surface area contributed by atoms with Gasteiger partial charge < -0.3 is 10.2 Å². The fourth-order valence-corrected chi connectivity index (χ4v) is 3.66. The molecule has 0 saturated carbocycles. The van der Waals surface area contributed by atoms with E-state index in [9.17, 15) is 9.59 Å². The van der Waals surface area contributed by atoms with Crippen molar-refractivity contribution in [2.75, 3.05) is 33.2 Å². The van der Waals surface area contributed by atoms with Crippen LogP contribution in [0.2, 0.25) is 0 Å². The number of unbranched alkanes of at least 4 members (excludes halogenated alkanes) is 1. The number of hydrogen-bond acceptors (Lipinski definition) is 3. The van der Waals surface area contributed by atoms with Crippen LogP contribution >= 0.6 is 24.0 Å². The lowest BCUT2D eigenvalue weighted by Crippen LogP contribution is -2.41. The first-order chi connectivity index (χ1) is 12.4. The number of likely N-dealkylation sites (tertiary alicyclic amines) is 1. The van der Waals surface area contributed by atoms with Gasteiger partial charge in [0, 0.05) is 33.2 Å². The van der Waals surface area contributed by atoms with Gasteiger partial charge in [0.2, 0.25) is 0 Å². The molecule has 0 aliphatic carbocycles. The largest absolute Gasteiger partial charge is 0.356 e. The lowest BCUT2D eigenvalue weighted by Gasteiger charge is -2.23. The smallest absolute Gasteiger partial charge is 0.261 e. The highest BCUT2D eigenvalue weighted by Gasteiger charge is 2.34. The summed E-state index contributed by atoms with van der Waals surface area (Å²) in [6.07, 6.45) is 2.83. The van der Waals surface area contributed by atoms with Crippen LogP contribution in [0.15, 0.2) is 29.3 Å². The molecular formula is C20H29IN4O2. The molecule has 0 aromatic heterocycles. The number of fused-ring (bicyclic) bond motifs is 1. The monoisotopic (exact) mass is 484 g/mol. The zero-order chi connectivity index (χ0) is 18.7. The number of nitrogens with one attached hydrogen (secondary N) is 1. The summed E-state index contributed by atoms with van der Waals surface area (Å²) in [5.41, 5.74) is 1.38. The van der Waals surface area contributed by atoms with Crippen molar-refractivity contribution >= 4 is 41.8 Å². The van der Waals surface area contributed by atoms with Gasteiger partial charge in [-0.05, 0) is 36.8 Å². The van der Waals surface area contributed by atoms with Crippen molar-refractivity contribution in [3.05, 3.63) is 35.4 Å². The fraction of sp³-hybridized carbons (Fsp3) is 0.550. The maximum Gasteiger partial charge on any atom is 0.261 e. The summed E-state index contributed by atoms with van der Waals surface area (Å²) in [4.78, 5) is 32.7. The van der Waals surface area contributed by atoms with Crippen molar-refractivity contribution in [2.24, 2.45) is 10.4 Å². The highest BCUT2D eigenvalue weighted by molar-refractivity contribution is 14.0. The Bertz CT molecular complexity index is 697. The minimum atomic E-state index is -0.173. The van der Waals surface area contributed by atoms with Gasteiger partial charge in [-0.2, -0.15) is 0 Å². The van der Waals surface area contributed by atoms with Gasteiger partial charge in [0.1, 0.15) is 0 Å². The Morgan fingerprint density at radius 2 is 1.78 bits per heavy atom. The van der Waals surface area contributed by atoms with E-state index in [1.54, 1.807) is 24.3 Å². The minimum Gasteiger partial charge on any atom is -0.356 e. The van der Waals surface area contributed by atoms with Crippen LogP contribution in [0.25, 0.3) is 0 Å². The Labute approximate surface area is 178 Å². The molecule has 27 heavy (non-hydrogen) atoms. The van der Waals surface area contributed by atoms with Gasteiger partial charge in [-0.15, -0.1) is 24.0 Å². The van der Waals surface area contributed by atoms with E-state index in [-0.39, 0.29) is 35.8 Å². The van der Waals surface area contributed by atoms with Crippen LogP contribution in [0.5, 0.6) is 0 Å². The molecule has 2 amide bonds. The molecule has 148 valence electrons. The van der Waals surface area contributed by atoms with Crippen molar-refractivity contribution in [3.8, 4) is 0 Å². The molecule has 0 radical (unpaired) electrons. The standard InChI is InChI=1S/C20H28N4O2.HI/c1-20(2)10-13-23(14-20)19(21-3)22-11-6-7-12-24-17(25)15-8-4-5-9-16(15)18(24)26;/h4-5,8-9H,6-7,10-14H2,1-3H3,(H,21,22);1H. The van der Waals surface area contributed by atoms with E-state index < -0.39 is 0 Å². The van der Waals surface area contributed by atoms with Crippen molar-refractivity contribution in [3.63, 3.8) is 0 Å². The Morgan fingerprint density at radius 3 is 2.30 bits per heavy atom. The predicted molar refractivity (Wildman–Crippen MR) is 118 cm³/mol. The number of carbonyl (C=O) groups is 2. The SMILES string of the molecule is CN=C(NCCCCN1C(=O)c2ccccc2C1=O)N1CCC(C)(C)C1.I. The predicted octanol–water partition coefficient (Wildman–Crippen LogP) is 2.99. The molecule has 0 atom stereocenters. The molecule has 2 aliphatic rings. The Hall–Kier alpha value is -1.64. The van der Waals surface area contributed by atoms with Gasteiger partial charge in [0.25, 0.3) is 11.8 Å². The van der Waals surface area contributed by atoms with Gasteiger partial charge in [0.15, 0.2) is 5.96 Å². The quantitative estimate of drug-likeness (QED) is 0.230. The second-order valence-electron chi connectivity index (χ2n) is 7.82. The minimum absolute atomic E-state index is 0. The second kappa shape index (κ2) is 9.03. The van der Waals surface area contributed by atoms with Gasteiger partial charge in [-0.1, -0.05) is 26.0 Å². The molecule has 0 bridgehead atoms. The van der Waals surface area contributed by atoms with E-state index in [1.807, 2.05) is 7.05 Å². The zero-order valence-electron chi connectivity index (χ0n) is 16.3. The number of carbonyl (C=O) groups excluding carboxylic acids is 2. The molecule has 1 N–H and O–H groups in total. The van der Waals surface area contributed by atoms with Crippen LogP contribution in [0.4, 0.5) is 0 Å². The number of benzene rings is 1. The fourth-order valence-electron chi connectivity index (χ4n) is 3.66. The Morgan fingerprint density at radius 1 is 1.15 bits per heavy atom. The van der Waals surface area contributed by atoms with Gasteiger partial charge in [-0.3, -0.25) is 19.5 Å². The highest BCUT2D eigenvalue weighted by Crippen LogP contribution is 2.28. The molecule has 1 aromatic carbocycles. The van der Waals surface area contributed by atoms with Crippen LogP contribution in [-0.2, 0) is 0 Å². The van der Waals surface area contributed by atoms with E-state index >= 15 is 0 Å². The molecule has 1 fully saturated rings. The average Bonchev–Trinajstić information content (AvgIpc) is 3.10. The molecule has 6 nitrogen and oxygen atoms in total. The number of rotatable bonds is 5. The summed E-state index contributed by atoms with van der Waals surface area (Å²) < 4.78 is 0. The van der Waals surface area contributed by atoms with Crippen LogP contribution in [0.1, 0.15) is 53.8 Å². The van der Waals surface area contributed by atoms with E-state index in [1.165, 1.54) is 11.3 Å². The van der Waals surface area contributed by atoms with Crippen LogP contribution in [-0.4, -0.2) is 60.8 Å². The number of imide groups is 1. The number of halogens is 1. The normalized spacial score (nSPS) is 18.6. The third kappa shape index (κ3) is 4.80. The second-order valence-corrected chi connectivity index (χ2v) is 7.82. The van der Waals surface area contributed by atoms with Gasteiger partial charge in [-0.25, -0.2) is 0 Å². The maximum atomic E-state index is 12.3. The molecule has 7 heteroatoms. The summed E-state index contributed by atoms with van der Waals surface area (Å²) in [6, 6.07) is 7.03. The van der Waals surface area contributed by atoms with Crippen molar-refractivity contribution in [1.29, 1.82) is 0 Å². The molecule has 2 heterocycles. The lowest BCUT2D eigenvalue weighted by atomic mass is 9.93. The van der Waals surface area contributed by atoms with Crippen molar-refractivity contribution in [1.82, 2.24) is 15.1 Å². The average molecular weight is 484 g/mol. The van der Waals surface area contributed by atoms with E-state index in [0.717, 1.165) is 38.4 Å². The van der Waals surface area contributed by atoms with E-state index in [2.05, 4.69) is 29.1 Å². The van der Waals surface area contributed by atoms with E-state index in [0.29, 0.717) is 23.1 Å². The molecule has 0 unspecified atom stereocenters. The number of nitrogens with zero attached hydrogens (tertiary/aromatic N) is 3. The van der Waals surface area contributed by atoms with Crippen LogP contribution in [0, 0.1) is 5.41 Å². The number of guanidine groups is 1. The van der Waals surface area contributed by atoms with E-state index in [4.69, 9.17) is 0 Å². The third-order valence-corrected chi connectivity index (χ3v) is 5.16. The topological polar surface area (TPSA) is 65.0 Å². The van der Waals surface area contributed by atoms with Gasteiger partial charge >= 0.3 is 0 Å². The number of amides is 2. The highest BCUT2D eigenvalue weighted by atomic mass is 127. The summed E-state index contributed by atoms with van der Waals surface area (Å²) >= 11 is 0. The first kappa shape index (κ1) is 21.7. The summed E-state index contributed by atoms with van der Waals surface area (Å²) in [5, 5.41) is 3.40.